The van der Waals surface area contributed by atoms with Gasteiger partial charge in [0.25, 0.3) is 0 Å². The van der Waals surface area contributed by atoms with Gasteiger partial charge in [0.05, 0.1) is 6.10 Å². The summed E-state index contributed by atoms with van der Waals surface area (Å²) >= 11 is 0. The maximum absolute atomic E-state index is 12.8. The van der Waals surface area contributed by atoms with E-state index < -0.39 is 17.7 Å². The molecule has 78 valence electrons. The van der Waals surface area contributed by atoms with Gasteiger partial charge in [-0.3, -0.25) is 0 Å². The summed E-state index contributed by atoms with van der Waals surface area (Å²) in [6.07, 6.45) is -0.838. The highest BCUT2D eigenvalue weighted by atomic mass is 19.2. The molecule has 4 heteroatoms. The van der Waals surface area contributed by atoms with Crippen LogP contribution in [0.3, 0.4) is 0 Å². The number of halogens is 2. The quantitative estimate of drug-likeness (QED) is 0.778. The van der Waals surface area contributed by atoms with E-state index >= 15 is 0 Å². The lowest BCUT2D eigenvalue weighted by Gasteiger charge is -2.18. The van der Waals surface area contributed by atoms with Gasteiger partial charge in [-0.1, -0.05) is 6.07 Å². The molecule has 0 fully saturated rings. The zero-order valence-electron chi connectivity index (χ0n) is 8.09. The van der Waals surface area contributed by atoms with Gasteiger partial charge in [0.2, 0.25) is 0 Å². The first kappa shape index (κ1) is 11.1. The summed E-state index contributed by atoms with van der Waals surface area (Å²) in [4.78, 5) is 0. The molecule has 0 radical (unpaired) electrons. The number of nitrogens with one attached hydrogen (secondary N) is 1. The lowest BCUT2D eigenvalue weighted by Crippen LogP contribution is -2.28. The minimum atomic E-state index is -0.940. The molecule has 0 aliphatic heterocycles. The van der Waals surface area contributed by atoms with Crippen LogP contribution < -0.4 is 5.32 Å². The van der Waals surface area contributed by atoms with Gasteiger partial charge >= 0.3 is 0 Å². The van der Waals surface area contributed by atoms with E-state index in [9.17, 15) is 13.9 Å². The van der Waals surface area contributed by atoms with Crippen molar-refractivity contribution < 1.29 is 13.9 Å². The number of aliphatic hydroxyl groups excluding tert-OH is 1. The molecule has 0 aliphatic rings. The topological polar surface area (TPSA) is 32.3 Å². The smallest absolute Gasteiger partial charge is 0.159 e. The number of aliphatic hydroxyl groups is 1. The Labute approximate surface area is 81.6 Å². The molecule has 1 rings (SSSR count). The number of benzene rings is 1. The lowest BCUT2D eigenvalue weighted by molar-refractivity contribution is 0.139. The molecular formula is C10H13F2NO. The van der Waals surface area contributed by atoms with Crippen LogP contribution in [0.1, 0.15) is 18.6 Å². The fraction of sp³-hybridized carbons (Fsp3) is 0.400. The Morgan fingerprint density at radius 2 is 1.93 bits per heavy atom. The van der Waals surface area contributed by atoms with Crippen LogP contribution in [0, 0.1) is 11.6 Å². The molecule has 0 saturated heterocycles. The van der Waals surface area contributed by atoms with Crippen LogP contribution in [-0.4, -0.2) is 18.2 Å². The molecule has 0 spiro atoms. The van der Waals surface area contributed by atoms with Crippen LogP contribution in [0.25, 0.3) is 0 Å². The minimum Gasteiger partial charge on any atom is -0.387 e. The van der Waals surface area contributed by atoms with Gasteiger partial charge < -0.3 is 10.4 Å². The highest BCUT2D eigenvalue weighted by Crippen LogP contribution is 2.18. The van der Waals surface area contributed by atoms with Crippen molar-refractivity contribution in [1.82, 2.24) is 5.32 Å². The third-order valence-corrected chi connectivity index (χ3v) is 2.21. The molecular weight excluding hydrogens is 188 g/mol. The van der Waals surface area contributed by atoms with Crippen molar-refractivity contribution in [2.45, 2.75) is 19.1 Å². The van der Waals surface area contributed by atoms with Crippen molar-refractivity contribution >= 4 is 0 Å². The maximum Gasteiger partial charge on any atom is 0.159 e. The molecule has 0 amide bonds. The highest BCUT2D eigenvalue weighted by molar-refractivity contribution is 5.21. The lowest BCUT2D eigenvalue weighted by atomic mass is 10.0. The van der Waals surface area contributed by atoms with E-state index in [1.807, 2.05) is 0 Å². The Kier molecular flexibility index (Phi) is 3.55. The molecule has 1 aromatic rings. The third-order valence-electron chi connectivity index (χ3n) is 2.21. The molecule has 2 N–H and O–H groups in total. The van der Waals surface area contributed by atoms with Crippen LogP contribution >= 0.6 is 0 Å². The summed E-state index contributed by atoms with van der Waals surface area (Å²) in [5.74, 6) is -1.84. The first-order chi connectivity index (χ1) is 6.56. The molecule has 14 heavy (non-hydrogen) atoms. The van der Waals surface area contributed by atoms with E-state index in [-0.39, 0.29) is 6.04 Å². The zero-order chi connectivity index (χ0) is 10.7. The zero-order valence-corrected chi connectivity index (χ0v) is 8.09. The molecule has 0 heterocycles. The van der Waals surface area contributed by atoms with Gasteiger partial charge in [-0.15, -0.1) is 0 Å². The minimum absolute atomic E-state index is 0.208. The van der Waals surface area contributed by atoms with E-state index in [1.165, 1.54) is 6.07 Å². The van der Waals surface area contributed by atoms with Crippen LogP contribution in [0.4, 0.5) is 8.78 Å². The summed E-state index contributed by atoms with van der Waals surface area (Å²) in [5, 5.41) is 12.5. The van der Waals surface area contributed by atoms with Crippen molar-refractivity contribution in [3.8, 4) is 0 Å². The fourth-order valence-corrected chi connectivity index (χ4v) is 1.14. The van der Waals surface area contributed by atoms with Gasteiger partial charge in [-0.05, 0) is 31.7 Å². The second-order valence-electron chi connectivity index (χ2n) is 3.20. The molecule has 0 saturated carbocycles. The predicted octanol–water partition coefficient (Wildman–Crippen LogP) is 1.61. The average molecular weight is 201 g/mol. The van der Waals surface area contributed by atoms with Crippen molar-refractivity contribution in [3.63, 3.8) is 0 Å². The average Bonchev–Trinajstić information content (AvgIpc) is 2.20. The monoisotopic (exact) mass is 201 g/mol. The van der Waals surface area contributed by atoms with Gasteiger partial charge in [-0.2, -0.15) is 0 Å². The molecule has 2 atom stereocenters. The van der Waals surface area contributed by atoms with Crippen molar-refractivity contribution in [1.29, 1.82) is 0 Å². The largest absolute Gasteiger partial charge is 0.387 e. The summed E-state index contributed by atoms with van der Waals surface area (Å²) in [7, 11) is 1.69. The van der Waals surface area contributed by atoms with E-state index in [4.69, 9.17) is 0 Å². The fourth-order valence-electron chi connectivity index (χ4n) is 1.14. The second-order valence-corrected chi connectivity index (χ2v) is 3.20. The molecule has 1 aromatic carbocycles. The van der Waals surface area contributed by atoms with Crippen molar-refractivity contribution in [2.75, 3.05) is 7.05 Å². The Hall–Kier alpha value is -1.00. The van der Waals surface area contributed by atoms with Crippen molar-refractivity contribution in [3.05, 3.63) is 35.4 Å². The highest BCUT2D eigenvalue weighted by Gasteiger charge is 2.15. The van der Waals surface area contributed by atoms with Gasteiger partial charge in [0, 0.05) is 6.04 Å². The summed E-state index contributed by atoms with van der Waals surface area (Å²) in [6.45, 7) is 1.76. The Balaban J connectivity index is 2.91. The third kappa shape index (κ3) is 2.27. The van der Waals surface area contributed by atoms with E-state index in [2.05, 4.69) is 5.32 Å². The Bertz CT molecular complexity index is 317. The van der Waals surface area contributed by atoms with Crippen molar-refractivity contribution in [2.24, 2.45) is 0 Å². The molecule has 2 nitrogen and oxygen atoms in total. The van der Waals surface area contributed by atoms with E-state index in [0.29, 0.717) is 5.56 Å². The Morgan fingerprint density at radius 3 is 2.43 bits per heavy atom. The molecule has 2 unspecified atom stereocenters. The van der Waals surface area contributed by atoms with E-state index in [0.717, 1.165) is 12.1 Å². The normalized spacial score (nSPS) is 15.2. The molecule has 0 aromatic heterocycles. The SMILES string of the molecule is CNC(C)C(O)c1ccc(F)c(F)c1. The molecule has 0 aliphatic carbocycles. The predicted molar refractivity (Wildman–Crippen MR) is 49.8 cm³/mol. The summed E-state index contributed by atoms with van der Waals surface area (Å²) in [6, 6.07) is 3.18. The van der Waals surface area contributed by atoms with Gasteiger partial charge in [-0.25, -0.2) is 8.78 Å². The van der Waals surface area contributed by atoms with Crippen LogP contribution in [0.5, 0.6) is 0 Å². The van der Waals surface area contributed by atoms with E-state index in [1.54, 1.807) is 14.0 Å². The Morgan fingerprint density at radius 1 is 1.29 bits per heavy atom. The number of likely N-dealkylation sites (N-methyl/N-ethyl adjacent to an activating group) is 1. The van der Waals surface area contributed by atoms with Crippen LogP contribution in [0.15, 0.2) is 18.2 Å². The van der Waals surface area contributed by atoms with Gasteiger partial charge in [0.15, 0.2) is 11.6 Å². The standard InChI is InChI=1S/C10H13F2NO/c1-6(13-2)10(14)7-3-4-8(11)9(12)5-7/h3-6,10,13-14H,1-2H3. The molecule has 0 bridgehead atoms. The van der Waals surface area contributed by atoms with Crippen LogP contribution in [0.2, 0.25) is 0 Å². The second kappa shape index (κ2) is 4.48. The first-order valence-electron chi connectivity index (χ1n) is 4.36. The first-order valence-corrected chi connectivity index (χ1v) is 4.36. The van der Waals surface area contributed by atoms with Crippen LogP contribution in [-0.2, 0) is 0 Å². The number of hydrogen-bond acceptors (Lipinski definition) is 2. The van der Waals surface area contributed by atoms with Gasteiger partial charge in [0.1, 0.15) is 0 Å². The summed E-state index contributed by atoms with van der Waals surface area (Å²) < 4.78 is 25.4. The maximum atomic E-state index is 12.8. The number of rotatable bonds is 3. The number of hydrogen-bond donors (Lipinski definition) is 2. The summed E-state index contributed by atoms with van der Waals surface area (Å²) in [5.41, 5.74) is 0.366.